The van der Waals surface area contributed by atoms with E-state index < -0.39 is 0 Å². The van der Waals surface area contributed by atoms with Gasteiger partial charge in [0, 0.05) is 10.9 Å². The van der Waals surface area contributed by atoms with Crippen molar-refractivity contribution in [3.05, 3.63) is 70.2 Å². The summed E-state index contributed by atoms with van der Waals surface area (Å²) in [5.74, 6) is 2.37. The highest BCUT2D eigenvalue weighted by molar-refractivity contribution is 6.30. The predicted octanol–water partition coefficient (Wildman–Crippen LogP) is 5.37. The molecule has 0 heterocycles. The van der Waals surface area contributed by atoms with E-state index in [0.29, 0.717) is 11.3 Å². The molecule has 3 aliphatic carbocycles. The van der Waals surface area contributed by atoms with Crippen molar-refractivity contribution in [1.82, 2.24) is 0 Å². The highest BCUT2D eigenvalue weighted by atomic mass is 35.5. The number of rotatable bonds is 2. The molecule has 20 heavy (non-hydrogen) atoms. The van der Waals surface area contributed by atoms with Gasteiger partial charge in [-0.15, -0.1) is 0 Å². The minimum atomic E-state index is 0.574. The second-order valence-corrected chi connectivity index (χ2v) is 7.30. The fraction of sp³-hybridized carbons (Fsp3) is 0.368. The summed E-state index contributed by atoms with van der Waals surface area (Å²) in [7, 11) is 0. The van der Waals surface area contributed by atoms with Crippen molar-refractivity contribution < 1.29 is 0 Å². The van der Waals surface area contributed by atoms with E-state index in [4.69, 9.17) is 11.6 Å². The van der Waals surface area contributed by atoms with Crippen LogP contribution in [-0.4, -0.2) is 0 Å². The van der Waals surface area contributed by atoms with Crippen molar-refractivity contribution in [3.63, 3.8) is 0 Å². The first kappa shape index (κ1) is 11.4. The van der Waals surface area contributed by atoms with Crippen LogP contribution in [0.5, 0.6) is 0 Å². The standard InChI is InChI=1S/C19H17Cl/c20-14-6-7-15-16(12-4-2-1-3-5-12)9-18(17(15)8-14)19-10-13(19)11-19/h1-8,13,16,18H,9-11H2/t13?,16-,18-,19?/m0/s1. The summed E-state index contributed by atoms with van der Waals surface area (Å²) in [5, 5.41) is 0.900. The van der Waals surface area contributed by atoms with Gasteiger partial charge in [0.25, 0.3) is 0 Å². The Balaban J connectivity index is 1.63. The molecule has 0 saturated heterocycles. The van der Waals surface area contributed by atoms with Crippen LogP contribution in [0.4, 0.5) is 0 Å². The van der Waals surface area contributed by atoms with E-state index in [1.807, 2.05) is 0 Å². The van der Waals surface area contributed by atoms with Gasteiger partial charge in [0.2, 0.25) is 0 Å². The maximum atomic E-state index is 6.27. The van der Waals surface area contributed by atoms with Gasteiger partial charge >= 0.3 is 0 Å². The van der Waals surface area contributed by atoms with E-state index in [0.717, 1.165) is 16.9 Å². The highest BCUT2D eigenvalue weighted by Crippen LogP contribution is 2.83. The second-order valence-electron chi connectivity index (χ2n) is 6.86. The largest absolute Gasteiger partial charge is 0.0843 e. The number of hydrogen-bond donors (Lipinski definition) is 0. The molecule has 0 bridgehead atoms. The third-order valence-corrected chi connectivity index (χ3v) is 6.15. The molecule has 0 aromatic heterocycles. The lowest BCUT2D eigenvalue weighted by Gasteiger charge is -2.15. The molecular formula is C19H17Cl. The summed E-state index contributed by atoms with van der Waals surface area (Å²) >= 11 is 6.27. The minimum absolute atomic E-state index is 0.574. The summed E-state index contributed by atoms with van der Waals surface area (Å²) < 4.78 is 0. The lowest BCUT2D eigenvalue weighted by molar-refractivity contribution is 0.481. The van der Waals surface area contributed by atoms with Gasteiger partial charge in [-0.05, 0) is 65.3 Å². The lowest BCUT2D eigenvalue weighted by Crippen LogP contribution is -2.03. The van der Waals surface area contributed by atoms with Gasteiger partial charge in [0.05, 0.1) is 0 Å². The molecule has 2 aromatic carbocycles. The number of fused-ring (bicyclic) bond motifs is 2. The van der Waals surface area contributed by atoms with Crippen LogP contribution in [0.3, 0.4) is 0 Å². The zero-order chi connectivity index (χ0) is 13.3. The van der Waals surface area contributed by atoms with E-state index >= 15 is 0 Å². The van der Waals surface area contributed by atoms with Gasteiger partial charge in [-0.25, -0.2) is 0 Å². The van der Waals surface area contributed by atoms with Crippen molar-refractivity contribution >= 4 is 11.6 Å². The summed E-state index contributed by atoms with van der Waals surface area (Å²) in [6.45, 7) is 0. The van der Waals surface area contributed by atoms with Crippen molar-refractivity contribution in [1.29, 1.82) is 0 Å². The van der Waals surface area contributed by atoms with Crippen molar-refractivity contribution in [2.24, 2.45) is 11.3 Å². The smallest absolute Gasteiger partial charge is 0.0409 e. The Labute approximate surface area is 124 Å². The topological polar surface area (TPSA) is 0 Å². The van der Waals surface area contributed by atoms with Gasteiger partial charge in [-0.1, -0.05) is 48.0 Å². The molecule has 0 aliphatic heterocycles. The normalized spacial score (nSPS) is 36.4. The summed E-state index contributed by atoms with van der Waals surface area (Å²) in [5.41, 5.74) is 5.22. The molecule has 100 valence electrons. The first-order valence-corrected chi connectivity index (χ1v) is 8.00. The first-order chi connectivity index (χ1) is 9.78. The van der Waals surface area contributed by atoms with Gasteiger partial charge in [0.15, 0.2) is 0 Å². The zero-order valence-electron chi connectivity index (χ0n) is 11.4. The number of hydrogen-bond acceptors (Lipinski definition) is 0. The maximum absolute atomic E-state index is 6.27. The van der Waals surface area contributed by atoms with Gasteiger partial charge in [-0.2, -0.15) is 0 Å². The average Bonchev–Trinajstić information content (AvgIpc) is 3.29. The monoisotopic (exact) mass is 280 g/mol. The third kappa shape index (κ3) is 1.43. The molecule has 0 radical (unpaired) electrons. The van der Waals surface area contributed by atoms with E-state index in [1.165, 1.54) is 30.4 Å². The average molecular weight is 281 g/mol. The van der Waals surface area contributed by atoms with Crippen molar-refractivity contribution in [3.8, 4) is 0 Å². The molecule has 0 unspecified atom stereocenters. The Bertz CT molecular complexity index is 682. The molecule has 2 aromatic rings. The molecule has 0 spiro atoms. The quantitative estimate of drug-likeness (QED) is 0.694. The first-order valence-electron chi connectivity index (χ1n) is 7.62. The molecule has 2 fully saturated rings. The Morgan fingerprint density at radius 2 is 1.70 bits per heavy atom. The SMILES string of the molecule is Clc1ccc2c(c1)[C@@H](C13CC1C3)C[C@H]2c1ccccc1. The van der Waals surface area contributed by atoms with Crippen LogP contribution in [0.1, 0.15) is 47.8 Å². The van der Waals surface area contributed by atoms with E-state index in [2.05, 4.69) is 48.5 Å². The minimum Gasteiger partial charge on any atom is -0.0843 e. The fourth-order valence-corrected chi connectivity index (χ4v) is 4.69. The van der Waals surface area contributed by atoms with Gasteiger partial charge < -0.3 is 0 Å². The van der Waals surface area contributed by atoms with Crippen molar-refractivity contribution in [2.75, 3.05) is 0 Å². The number of benzene rings is 2. The maximum Gasteiger partial charge on any atom is 0.0409 e. The van der Waals surface area contributed by atoms with E-state index in [-0.39, 0.29) is 0 Å². The molecule has 5 rings (SSSR count). The van der Waals surface area contributed by atoms with Crippen LogP contribution >= 0.6 is 11.6 Å². The summed E-state index contributed by atoms with van der Waals surface area (Å²) in [6, 6.07) is 17.6. The van der Waals surface area contributed by atoms with E-state index in [1.54, 1.807) is 5.56 Å². The Morgan fingerprint density at radius 3 is 2.40 bits per heavy atom. The molecule has 1 heteroatoms. The van der Waals surface area contributed by atoms with Crippen LogP contribution in [0.15, 0.2) is 48.5 Å². The molecule has 3 aliphatic rings. The molecule has 0 N–H and O–H groups in total. The Morgan fingerprint density at radius 1 is 0.950 bits per heavy atom. The van der Waals surface area contributed by atoms with Crippen LogP contribution in [0.2, 0.25) is 5.02 Å². The highest BCUT2D eigenvalue weighted by Gasteiger charge is 2.73. The predicted molar refractivity (Wildman–Crippen MR) is 82.3 cm³/mol. The van der Waals surface area contributed by atoms with E-state index in [9.17, 15) is 0 Å². The van der Waals surface area contributed by atoms with Crippen LogP contribution in [0.25, 0.3) is 0 Å². The fourth-order valence-electron chi connectivity index (χ4n) is 4.51. The zero-order valence-corrected chi connectivity index (χ0v) is 12.1. The molecule has 2 saturated carbocycles. The third-order valence-electron chi connectivity index (χ3n) is 5.91. The molecule has 0 nitrogen and oxygen atoms in total. The molecular weight excluding hydrogens is 264 g/mol. The second kappa shape index (κ2) is 3.68. The van der Waals surface area contributed by atoms with Crippen LogP contribution in [0, 0.1) is 11.3 Å². The lowest BCUT2D eigenvalue weighted by atomic mass is 9.88. The van der Waals surface area contributed by atoms with Gasteiger partial charge in [0.1, 0.15) is 0 Å². The van der Waals surface area contributed by atoms with Crippen LogP contribution < -0.4 is 0 Å². The Hall–Kier alpha value is -1.27. The Kier molecular flexibility index (Phi) is 2.10. The molecule has 0 amide bonds. The van der Waals surface area contributed by atoms with Crippen molar-refractivity contribution in [2.45, 2.75) is 31.1 Å². The van der Waals surface area contributed by atoms with Crippen LogP contribution in [-0.2, 0) is 0 Å². The molecule has 2 atom stereocenters. The van der Waals surface area contributed by atoms with Gasteiger partial charge in [-0.3, -0.25) is 0 Å². The summed E-state index contributed by atoms with van der Waals surface area (Å²) in [4.78, 5) is 0. The number of halogens is 1. The summed E-state index contributed by atoms with van der Waals surface area (Å²) in [6.07, 6.45) is 4.21.